The van der Waals surface area contributed by atoms with Gasteiger partial charge in [-0.15, -0.1) is 24.8 Å². The maximum Gasteiger partial charge on any atom is 0.224 e. The summed E-state index contributed by atoms with van der Waals surface area (Å²) in [6.07, 6.45) is 0. The summed E-state index contributed by atoms with van der Waals surface area (Å²) >= 11 is 0. The zero-order chi connectivity index (χ0) is 12.8. The minimum absolute atomic E-state index is 0. The van der Waals surface area contributed by atoms with Crippen molar-refractivity contribution in [3.63, 3.8) is 0 Å². The van der Waals surface area contributed by atoms with Gasteiger partial charge in [-0.1, -0.05) is 6.92 Å². The molecule has 1 saturated heterocycles. The molecule has 19 heavy (non-hydrogen) atoms. The molecule has 0 spiro atoms. The predicted octanol–water partition coefficient (Wildman–Crippen LogP) is 0.650. The molecule has 1 aliphatic rings. The Morgan fingerprint density at radius 2 is 1.79 bits per heavy atom. The lowest BCUT2D eigenvalue weighted by Crippen LogP contribution is -2.53. The van der Waals surface area contributed by atoms with E-state index in [2.05, 4.69) is 17.1 Å². The molecule has 0 aromatic rings. The first-order valence-electron chi connectivity index (χ1n) is 6.38. The Labute approximate surface area is 128 Å². The van der Waals surface area contributed by atoms with E-state index in [0.717, 1.165) is 26.3 Å². The fourth-order valence-corrected chi connectivity index (χ4v) is 1.90. The van der Waals surface area contributed by atoms with E-state index in [1.165, 1.54) is 0 Å². The lowest BCUT2D eigenvalue weighted by Gasteiger charge is -2.36. The summed E-state index contributed by atoms with van der Waals surface area (Å²) in [4.78, 5) is 14.1. The molecule has 0 saturated carbocycles. The molecule has 116 valence electrons. The molecule has 5 nitrogen and oxygen atoms in total. The fourth-order valence-electron chi connectivity index (χ4n) is 1.90. The Morgan fingerprint density at radius 3 is 2.26 bits per heavy atom. The number of ether oxygens (including phenoxy) is 1. The van der Waals surface area contributed by atoms with Gasteiger partial charge in [-0.2, -0.15) is 0 Å². The zero-order valence-electron chi connectivity index (χ0n) is 11.9. The highest BCUT2D eigenvalue weighted by atomic mass is 35.5. The average molecular weight is 316 g/mol. The Kier molecular flexibility index (Phi) is 11.9. The summed E-state index contributed by atoms with van der Waals surface area (Å²) in [5, 5.41) is 3.03. The van der Waals surface area contributed by atoms with Gasteiger partial charge in [-0.3, -0.25) is 9.69 Å². The van der Waals surface area contributed by atoms with Crippen LogP contribution >= 0.6 is 24.8 Å². The molecule has 3 N–H and O–H groups in total. The van der Waals surface area contributed by atoms with Crippen molar-refractivity contribution >= 4 is 30.7 Å². The lowest BCUT2D eigenvalue weighted by molar-refractivity contribution is -0.125. The molecule has 3 unspecified atom stereocenters. The van der Waals surface area contributed by atoms with Gasteiger partial charge in [-0.05, 0) is 13.8 Å². The van der Waals surface area contributed by atoms with E-state index in [9.17, 15) is 4.79 Å². The SMILES string of the molecule is CC(CN)C(=O)NC(C)C(C)N1CCOCC1.Cl.Cl. The molecular weight excluding hydrogens is 289 g/mol. The summed E-state index contributed by atoms with van der Waals surface area (Å²) < 4.78 is 5.32. The van der Waals surface area contributed by atoms with Crippen LogP contribution < -0.4 is 11.1 Å². The minimum Gasteiger partial charge on any atom is -0.379 e. The van der Waals surface area contributed by atoms with Gasteiger partial charge in [0.15, 0.2) is 0 Å². The molecule has 0 aromatic carbocycles. The number of morpholine rings is 1. The van der Waals surface area contributed by atoms with E-state index >= 15 is 0 Å². The van der Waals surface area contributed by atoms with Crippen LogP contribution in [-0.2, 0) is 9.53 Å². The number of amides is 1. The highest BCUT2D eigenvalue weighted by molar-refractivity contribution is 5.85. The molecule has 0 bridgehead atoms. The zero-order valence-corrected chi connectivity index (χ0v) is 13.6. The molecule has 0 aromatic heterocycles. The first-order chi connectivity index (χ1) is 8.06. The summed E-state index contributed by atoms with van der Waals surface area (Å²) in [7, 11) is 0. The number of hydrogen-bond donors (Lipinski definition) is 2. The van der Waals surface area contributed by atoms with E-state index < -0.39 is 0 Å². The van der Waals surface area contributed by atoms with Gasteiger partial charge < -0.3 is 15.8 Å². The topological polar surface area (TPSA) is 67.6 Å². The van der Waals surface area contributed by atoms with E-state index in [-0.39, 0.29) is 42.7 Å². The van der Waals surface area contributed by atoms with Gasteiger partial charge in [0.1, 0.15) is 0 Å². The van der Waals surface area contributed by atoms with E-state index in [1.807, 2.05) is 13.8 Å². The third-order valence-electron chi connectivity index (χ3n) is 3.52. The van der Waals surface area contributed by atoms with E-state index in [0.29, 0.717) is 12.6 Å². The van der Waals surface area contributed by atoms with Crippen molar-refractivity contribution in [2.24, 2.45) is 11.7 Å². The summed E-state index contributed by atoms with van der Waals surface area (Å²) in [6, 6.07) is 0.461. The minimum atomic E-state index is -0.116. The largest absolute Gasteiger partial charge is 0.379 e. The Bertz CT molecular complexity index is 251. The number of rotatable bonds is 5. The van der Waals surface area contributed by atoms with Gasteiger partial charge in [0.05, 0.1) is 13.2 Å². The van der Waals surface area contributed by atoms with E-state index in [1.54, 1.807) is 0 Å². The van der Waals surface area contributed by atoms with Crippen LogP contribution in [0.15, 0.2) is 0 Å². The van der Waals surface area contributed by atoms with Crippen LogP contribution in [0.4, 0.5) is 0 Å². The number of nitrogens with two attached hydrogens (primary N) is 1. The fraction of sp³-hybridized carbons (Fsp3) is 0.917. The molecule has 1 aliphatic heterocycles. The van der Waals surface area contributed by atoms with Crippen LogP contribution in [-0.4, -0.2) is 55.7 Å². The van der Waals surface area contributed by atoms with Crippen molar-refractivity contribution in [1.82, 2.24) is 10.2 Å². The first-order valence-corrected chi connectivity index (χ1v) is 6.38. The Balaban J connectivity index is 0. The second-order valence-electron chi connectivity index (χ2n) is 4.82. The number of halogens is 2. The highest BCUT2D eigenvalue weighted by Gasteiger charge is 2.24. The maximum absolute atomic E-state index is 11.7. The smallest absolute Gasteiger partial charge is 0.224 e. The third-order valence-corrected chi connectivity index (χ3v) is 3.52. The van der Waals surface area contributed by atoms with Crippen LogP contribution in [0.2, 0.25) is 0 Å². The molecule has 0 aliphatic carbocycles. The van der Waals surface area contributed by atoms with Crippen LogP contribution in [0.25, 0.3) is 0 Å². The van der Waals surface area contributed by atoms with E-state index in [4.69, 9.17) is 10.5 Å². The van der Waals surface area contributed by atoms with Crippen molar-refractivity contribution < 1.29 is 9.53 Å². The molecule has 1 fully saturated rings. The van der Waals surface area contributed by atoms with Crippen molar-refractivity contribution in [2.75, 3.05) is 32.8 Å². The second-order valence-corrected chi connectivity index (χ2v) is 4.82. The van der Waals surface area contributed by atoms with Gasteiger partial charge in [0.25, 0.3) is 0 Å². The molecule has 0 radical (unpaired) electrons. The maximum atomic E-state index is 11.7. The van der Waals surface area contributed by atoms with Crippen LogP contribution in [0.1, 0.15) is 20.8 Å². The number of nitrogens with zero attached hydrogens (tertiary/aromatic N) is 1. The van der Waals surface area contributed by atoms with Crippen molar-refractivity contribution in [3.05, 3.63) is 0 Å². The van der Waals surface area contributed by atoms with Crippen LogP contribution in [0.5, 0.6) is 0 Å². The number of carbonyl (C=O) groups is 1. The standard InChI is InChI=1S/C12H25N3O2.2ClH/c1-9(8-13)12(16)14-10(2)11(3)15-4-6-17-7-5-15;;/h9-11H,4-8,13H2,1-3H3,(H,14,16);2*1H. The number of hydrogen-bond acceptors (Lipinski definition) is 4. The molecule has 1 heterocycles. The van der Waals surface area contributed by atoms with Gasteiger partial charge in [0, 0.05) is 37.6 Å². The summed E-state index contributed by atoms with van der Waals surface area (Å²) in [6.45, 7) is 9.87. The summed E-state index contributed by atoms with van der Waals surface area (Å²) in [5.41, 5.74) is 5.48. The molecule has 3 atom stereocenters. The number of carbonyl (C=O) groups excluding carboxylic acids is 1. The van der Waals surface area contributed by atoms with Crippen LogP contribution in [0, 0.1) is 5.92 Å². The van der Waals surface area contributed by atoms with Crippen LogP contribution in [0.3, 0.4) is 0 Å². The van der Waals surface area contributed by atoms with Crippen molar-refractivity contribution in [3.8, 4) is 0 Å². The van der Waals surface area contributed by atoms with Gasteiger partial charge in [-0.25, -0.2) is 0 Å². The lowest BCUT2D eigenvalue weighted by atomic mass is 10.1. The second kappa shape index (κ2) is 10.7. The highest BCUT2D eigenvalue weighted by Crippen LogP contribution is 2.08. The first kappa shape index (κ1) is 21.2. The Hall–Kier alpha value is -0.0700. The van der Waals surface area contributed by atoms with Crippen molar-refractivity contribution in [2.45, 2.75) is 32.9 Å². The quantitative estimate of drug-likeness (QED) is 0.781. The summed E-state index contributed by atoms with van der Waals surface area (Å²) in [5.74, 6) is -0.0746. The van der Waals surface area contributed by atoms with Gasteiger partial charge >= 0.3 is 0 Å². The predicted molar refractivity (Wildman–Crippen MR) is 82.2 cm³/mol. The molecule has 1 amide bonds. The molecular formula is C12H27Cl2N3O2. The molecule has 7 heteroatoms. The average Bonchev–Trinajstić information content (AvgIpc) is 2.37. The number of nitrogens with one attached hydrogen (secondary N) is 1. The Morgan fingerprint density at radius 1 is 1.26 bits per heavy atom. The van der Waals surface area contributed by atoms with Crippen molar-refractivity contribution in [1.29, 1.82) is 0 Å². The third kappa shape index (κ3) is 6.77. The van der Waals surface area contributed by atoms with Gasteiger partial charge in [0.2, 0.25) is 5.91 Å². The monoisotopic (exact) mass is 315 g/mol. The molecule has 1 rings (SSSR count). The normalized spacial score (nSPS) is 20.4.